The highest BCUT2D eigenvalue weighted by Crippen LogP contribution is 2.37. The van der Waals surface area contributed by atoms with Gasteiger partial charge in [0.15, 0.2) is 5.82 Å². The molecule has 28 heavy (non-hydrogen) atoms. The highest BCUT2D eigenvalue weighted by molar-refractivity contribution is 7.92. The van der Waals surface area contributed by atoms with E-state index in [2.05, 4.69) is 34.1 Å². The summed E-state index contributed by atoms with van der Waals surface area (Å²) >= 11 is 0. The van der Waals surface area contributed by atoms with E-state index in [1.165, 1.54) is 0 Å². The average Bonchev–Trinajstić information content (AvgIpc) is 3.43. The van der Waals surface area contributed by atoms with Gasteiger partial charge in [0.25, 0.3) is 10.0 Å². The maximum Gasteiger partial charge on any atom is 0.261 e. The van der Waals surface area contributed by atoms with Gasteiger partial charge in [-0.25, -0.2) is 13.1 Å². The molecule has 1 N–H and O–H groups in total. The quantitative estimate of drug-likeness (QED) is 0.651. The number of aromatic nitrogens is 4. The van der Waals surface area contributed by atoms with Gasteiger partial charge in [-0.1, -0.05) is 38.1 Å². The van der Waals surface area contributed by atoms with Gasteiger partial charge in [0.1, 0.15) is 0 Å². The van der Waals surface area contributed by atoms with Crippen LogP contribution in [0.4, 0.5) is 5.69 Å². The van der Waals surface area contributed by atoms with Gasteiger partial charge in [0, 0.05) is 11.3 Å². The Bertz CT molecular complexity index is 1070. The van der Waals surface area contributed by atoms with Gasteiger partial charge in [0.2, 0.25) is 0 Å². The van der Waals surface area contributed by atoms with E-state index < -0.39 is 10.0 Å². The Labute approximate surface area is 164 Å². The molecular weight excluding hydrogens is 374 g/mol. The number of hydrogen-bond donors (Lipinski definition) is 1. The van der Waals surface area contributed by atoms with E-state index >= 15 is 0 Å². The summed E-state index contributed by atoms with van der Waals surface area (Å²) in [5.41, 5.74) is 2.40. The van der Waals surface area contributed by atoms with Gasteiger partial charge >= 0.3 is 0 Å². The third-order valence-electron chi connectivity index (χ3n) is 5.13. The first kappa shape index (κ1) is 18.6. The third kappa shape index (κ3) is 3.77. The highest BCUT2D eigenvalue weighted by Gasteiger charge is 2.28. The van der Waals surface area contributed by atoms with Gasteiger partial charge in [-0.3, -0.25) is 4.72 Å². The van der Waals surface area contributed by atoms with Crippen molar-refractivity contribution in [1.29, 1.82) is 0 Å². The summed E-state index contributed by atoms with van der Waals surface area (Å²) < 4.78 is 30.0. The first-order valence-corrected chi connectivity index (χ1v) is 11.0. The molecule has 1 aromatic heterocycles. The third-order valence-corrected chi connectivity index (χ3v) is 6.53. The summed E-state index contributed by atoms with van der Waals surface area (Å²) in [6.07, 6.45) is 3.14. The van der Waals surface area contributed by atoms with Crippen LogP contribution in [0, 0.1) is 0 Å². The molecule has 0 amide bonds. The van der Waals surface area contributed by atoms with Crippen LogP contribution in [0.5, 0.6) is 0 Å². The van der Waals surface area contributed by atoms with Crippen LogP contribution in [0.3, 0.4) is 0 Å². The largest absolute Gasteiger partial charge is 0.280 e. The van der Waals surface area contributed by atoms with Crippen LogP contribution in [-0.2, 0) is 10.0 Å². The first-order chi connectivity index (χ1) is 13.5. The van der Waals surface area contributed by atoms with E-state index in [4.69, 9.17) is 0 Å². The van der Waals surface area contributed by atoms with Gasteiger partial charge in [0.05, 0.1) is 10.9 Å². The molecule has 1 atom stereocenters. The lowest BCUT2D eigenvalue weighted by atomic mass is 9.99. The van der Waals surface area contributed by atoms with Gasteiger partial charge in [-0.05, 0) is 65.4 Å². The van der Waals surface area contributed by atoms with Crippen molar-refractivity contribution in [2.75, 3.05) is 4.72 Å². The lowest BCUT2D eigenvalue weighted by Gasteiger charge is -2.12. The molecule has 8 heteroatoms. The highest BCUT2D eigenvalue weighted by atomic mass is 32.2. The number of benzene rings is 2. The Morgan fingerprint density at radius 3 is 2.61 bits per heavy atom. The number of sulfonamides is 1. The van der Waals surface area contributed by atoms with Crippen LogP contribution < -0.4 is 4.72 Å². The Balaban J connectivity index is 1.57. The van der Waals surface area contributed by atoms with Crippen molar-refractivity contribution in [3.63, 3.8) is 0 Å². The lowest BCUT2D eigenvalue weighted by molar-refractivity contribution is 0.601. The van der Waals surface area contributed by atoms with Crippen molar-refractivity contribution in [3.05, 3.63) is 54.1 Å². The van der Waals surface area contributed by atoms with Crippen molar-refractivity contribution in [2.24, 2.45) is 0 Å². The fourth-order valence-corrected chi connectivity index (χ4v) is 4.15. The minimum absolute atomic E-state index is 0.243. The standard InChI is InChI=1S/C20H23N5O2S/c1-3-14(2)15-7-11-19(12-8-15)28(26,27)22-17-6-4-5-16(13-17)20-21-23-24-25(20)18-9-10-18/h4-8,11-14,18,22H,3,9-10H2,1-2H3/t14-/m0/s1. The minimum atomic E-state index is -3.67. The second-order valence-corrected chi connectivity index (χ2v) is 8.93. The molecule has 3 aromatic rings. The minimum Gasteiger partial charge on any atom is -0.280 e. The van der Waals surface area contributed by atoms with Crippen LogP contribution in [0.25, 0.3) is 11.4 Å². The number of rotatable bonds is 7. The van der Waals surface area contributed by atoms with Crippen molar-refractivity contribution in [3.8, 4) is 11.4 Å². The number of nitrogens with one attached hydrogen (secondary N) is 1. The number of hydrogen-bond acceptors (Lipinski definition) is 5. The van der Waals surface area contributed by atoms with E-state index in [9.17, 15) is 8.42 Å². The zero-order chi connectivity index (χ0) is 19.7. The lowest BCUT2D eigenvalue weighted by Crippen LogP contribution is -2.13. The van der Waals surface area contributed by atoms with Crippen molar-refractivity contribution in [2.45, 2.75) is 50.0 Å². The van der Waals surface area contributed by atoms with Crippen LogP contribution in [0.1, 0.15) is 50.6 Å². The monoisotopic (exact) mass is 397 g/mol. The SMILES string of the molecule is CC[C@H](C)c1ccc(S(=O)(=O)Nc2cccc(-c3nnnn3C3CC3)c2)cc1. The van der Waals surface area contributed by atoms with Crippen LogP contribution in [-0.4, -0.2) is 28.6 Å². The Morgan fingerprint density at radius 1 is 1.18 bits per heavy atom. The summed E-state index contributed by atoms with van der Waals surface area (Å²) in [6, 6.07) is 14.6. The predicted molar refractivity (Wildman–Crippen MR) is 107 cm³/mol. The number of tetrazole rings is 1. The fourth-order valence-electron chi connectivity index (χ4n) is 3.10. The van der Waals surface area contributed by atoms with Crippen LogP contribution in [0.15, 0.2) is 53.4 Å². The molecule has 0 spiro atoms. The molecule has 146 valence electrons. The molecule has 0 bridgehead atoms. The molecule has 1 saturated carbocycles. The molecule has 4 rings (SSSR count). The van der Waals surface area contributed by atoms with E-state index in [-0.39, 0.29) is 4.90 Å². The Kier molecular flexibility index (Phi) is 4.89. The molecule has 0 aliphatic heterocycles. The molecule has 0 unspecified atom stereocenters. The Morgan fingerprint density at radius 2 is 1.93 bits per heavy atom. The van der Waals surface area contributed by atoms with Gasteiger partial charge < -0.3 is 0 Å². The zero-order valence-corrected chi connectivity index (χ0v) is 16.7. The van der Waals surface area contributed by atoms with Crippen molar-refractivity contribution < 1.29 is 8.42 Å². The van der Waals surface area contributed by atoms with Crippen molar-refractivity contribution in [1.82, 2.24) is 20.2 Å². The molecule has 0 radical (unpaired) electrons. The molecule has 7 nitrogen and oxygen atoms in total. The molecular formula is C20H23N5O2S. The van der Waals surface area contributed by atoms with E-state index in [1.807, 2.05) is 18.2 Å². The first-order valence-electron chi connectivity index (χ1n) is 9.49. The molecule has 1 aliphatic rings. The smallest absolute Gasteiger partial charge is 0.261 e. The zero-order valence-electron chi connectivity index (χ0n) is 15.9. The topological polar surface area (TPSA) is 89.8 Å². The second-order valence-electron chi connectivity index (χ2n) is 7.24. The number of anilines is 1. The fraction of sp³-hybridized carbons (Fsp3) is 0.350. The summed E-state index contributed by atoms with van der Waals surface area (Å²) in [5, 5.41) is 11.9. The van der Waals surface area contributed by atoms with Crippen molar-refractivity contribution >= 4 is 15.7 Å². The van der Waals surface area contributed by atoms with E-state index in [1.54, 1.807) is 35.0 Å². The molecule has 2 aromatic carbocycles. The second kappa shape index (κ2) is 7.35. The summed E-state index contributed by atoms with van der Waals surface area (Å²) in [6.45, 7) is 4.24. The summed E-state index contributed by atoms with van der Waals surface area (Å²) in [7, 11) is -3.67. The molecule has 1 heterocycles. The van der Waals surface area contributed by atoms with Gasteiger partial charge in [-0.15, -0.1) is 5.10 Å². The summed E-state index contributed by atoms with van der Waals surface area (Å²) in [5.74, 6) is 1.06. The number of nitrogens with zero attached hydrogens (tertiary/aromatic N) is 4. The average molecular weight is 398 g/mol. The normalized spacial score (nSPS) is 15.4. The van der Waals surface area contributed by atoms with Gasteiger partial charge in [-0.2, -0.15) is 0 Å². The molecule has 1 aliphatic carbocycles. The molecule has 0 saturated heterocycles. The summed E-state index contributed by atoms with van der Waals surface area (Å²) in [4.78, 5) is 0.243. The van der Waals surface area contributed by atoms with Crippen LogP contribution >= 0.6 is 0 Å². The Hall–Kier alpha value is -2.74. The maximum atomic E-state index is 12.8. The maximum absolute atomic E-state index is 12.8. The predicted octanol–water partition coefficient (Wildman–Crippen LogP) is 3.99. The molecule has 1 fully saturated rings. The van der Waals surface area contributed by atoms with E-state index in [0.29, 0.717) is 23.5 Å². The van der Waals surface area contributed by atoms with Crippen LogP contribution in [0.2, 0.25) is 0 Å². The van der Waals surface area contributed by atoms with E-state index in [0.717, 1.165) is 30.4 Å².